The van der Waals surface area contributed by atoms with Crippen molar-refractivity contribution in [2.45, 2.75) is 31.2 Å². The molecule has 158 valence electrons. The fourth-order valence-electron chi connectivity index (χ4n) is 3.79. The Balaban J connectivity index is 1.46. The zero-order valence-electron chi connectivity index (χ0n) is 16.9. The van der Waals surface area contributed by atoms with Gasteiger partial charge in [0.25, 0.3) is 5.91 Å². The van der Waals surface area contributed by atoms with Gasteiger partial charge in [-0.2, -0.15) is 11.8 Å². The Morgan fingerprint density at radius 3 is 2.93 bits per heavy atom. The van der Waals surface area contributed by atoms with Gasteiger partial charge in [-0.1, -0.05) is 12.1 Å². The number of rotatable bonds is 7. The first-order chi connectivity index (χ1) is 14.7. The van der Waals surface area contributed by atoms with Crippen LogP contribution in [0.4, 0.5) is 0 Å². The van der Waals surface area contributed by atoms with Crippen molar-refractivity contribution in [1.82, 2.24) is 15.2 Å². The number of amides is 2. The predicted molar refractivity (Wildman–Crippen MR) is 116 cm³/mol. The number of thioether (sulfide) groups is 1. The maximum Gasteiger partial charge on any atom is 0.287 e. The lowest BCUT2D eigenvalue weighted by Crippen LogP contribution is -2.51. The maximum atomic E-state index is 13.3. The van der Waals surface area contributed by atoms with E-state index in [1.54, 1.807) is 23.9 Å². The summed E-state index contributed by atoms with van der Waals surface area (Å²) in [6, 6.07) is 10.3. The number of nitrogens with one attached hydrogen (secondary N) is 1. The minimum atomic E-state index is -0.586. The molecule has 8 heteroatoms. The molecule has 7 nitrogen and oxygen atoms in total. The summed E-state index contributed by atoms with van der Waals surface area (Å²) in [6.07, 6.45) is 5.79. The average Bonchev–Trinajstić information content (AvgIpc) is 3.46. The van der Waals surface area contributed by atoms with Crippen molar-refractivity contribution in [3.8, 4) is 0 Å². The SMILES string of the molecule is CSCC[C@@H](NC(=O)c1ccco1)C(=O)N1CCC[C@@H](c2nc3ccccc3o2)C1. The maximum absolute atomic E-state index is 13.3. The number of piperidine rings is 1. The lowest BCUT2D eigenvalue weighted by atomic mass is 9.97. The largest absolute Gasteiger partial charge is 0.459 e. The Hall–Kier alpha value is -2.74. The van der Waals surface area contributed by atoms with Crippen LogP contribution in [-0.4, -0.2) is 52.8 Å². The minimum Gasteiger partial charge on any atom is -0.459 e. The van der Waals surface area contributed by atoms with Crippen molar-refractivity contribution < 1.29 is 18.4 Å². The third kappa shape index (κ3) is 4.53. The number of benzene rings is 1. The Morgan fingerprint density at radius 2 is 2.17 bits per heavy atom. The zero-order chi connectivity index (χ0) is 20.9. The molecule has 3 aromatic rings. The Kier molecular flexibility index (Phi) is 6.42. The van der Waals surface area contributed by atoms with Crippen molar-refractivity contribution in [1.29, 1.82) is 0 Å². The molecule has 4 rings (SSSR count). The fourth-order valence-corrected chi connectivity index (χ4v) is 4.27. The first-order valence-corrected chi connectivity index (χ1v) is 11.5. The van der Waals surface area contributed by atoms with E-state index in [9.17, 15) is 9.59 Å². The van der Waals surface area contributed by atoms with Gasteiger partial charge in [0.05, 0.1) is 12.2 Å². The van der Waals surface area contributed by atoms with Crippen molar-refractivity contribution in [3.63, 3.8) is 0 Å². The molecule has 3 heterocycles. The predicted octanol–water partition coefficient (Wildman–Crippen LogP) is 3.68. The van der Waals surface area contributed by atoms with Gasteiger partial charge in [-0.3, -0.25) is 9.59 Å². The van der Waals surface area contributed by atoms with Gasteiger partial charge in [-0.05, 0) is 55.5 Å². The summed E-state index contributed by atoms with van der Waals surface area (Å²) in [4.78, 5) is 32.2. The number of nitrogens with zero attached hydrogens (tertiary/aromatic N) is 2. The third-order valence-corrected chi connectivity index (χ3v) is 6.00. The van der Waals surface area contributed by atoms with Crippen LogP contribution in [0.2, 0.25) is 0 Å². The highest BCUT2D eigenvalue weighted by Crippen LogP contribution is 2.29. The number of furan rings is 1. The van der Waals surface area contributed by atoms with E-state index in [-0.39, 0.29) is 23.5 Å². The van der Waals surface area contributed by atoms with Crippen LogP contribution in [0.15, 0.2) is 51.5 Å². The molecule has 1 N–H and O–H groups in total. The topological polar surface area (TPSA) is 88.6 Å². The molecule has 30 heavy (non-hydrogen) atoms. The van der Waals surface area contributed by atoms with Crippen LogP contribution in [-0.2, 0) is 4.79 Å². The lowest BCUT2D eigenvalue weighted by Gasteiger charge is -2.34. The quantitative estimate of drug-likeness (QED) is 0.619. The molecule has 0 spiro atoms. The van der Waals surface area contributed by atoms with Gasteiger partial charge in [0.1, 0.15) is 11.6 Å². The molecule has 1 fully saturated rings. The Morgan fingerprint density at radius 1 is 1.30 bits per heavy atom. The first kappa shape index (κ1) is 20.5. The van der Waals surface area contributed by atoms with Gasteiger partial charge < -0.3 is 19.1 Å². The molecule has 0 aliphatic carbocycles. The molecule has 1 aromatic carbocycles. The summed E-state index contributed by atoms with van der Waals surface area (Å²) in [5, 5.41) is 2.85. The van der Waals surface area contributed by atoms with Gasteiger partial charge in [0.15, 0.2) is 17.2 Å². The summed E-state index contributed by atoms with van der Waals surface area (Å²) in [5.41, 5.74) is 1.60. The molecule has 1 aliphatic heterocycles. The molecule has 2 amide bonds. The molecule has 0 saturated carbocycles. The second-order valence-electron chi connectivity index (χ2n) is 7.43. The van der Waals surface area contributed by atoms with Crippen LogP contribution in [0.25, 0.3) is 11.1 Å². The molecule has 1 saturated heterocycles. The average molecular weight is 428 g/mol. The second kappa shape index (κ2) is 9.38. The van der Waals surface area contributed by atoms with E-state index in [1.165, 1.54) is 6.26 Å². The van der Waals surface area contributed by atoms with Gasteiger partial charge in [0, 0.05) is 13.1 Å². The summed E-state index contributed by atoms with van der Waals surface area (Å²) in [6.45, 7) is 1.21. The van der Waals surface area contributed by atoms with Crippen LogP contribution in [0.1, 0.15) is 41.6 Å². The van der Waals surface area contributed by atoms with Crippen molar-refractivity contribution >= 4 is 34.7 Å². The van der Waals surface area contributed by atoms with E-state index in [1.807, 2.05) is 35.4 Å². The smallest absolute Gasteiger partial charge is 0.287 e. The Labute approximate surface area is 179 Å². The zero-order valence-corrected chi connectivity index (χ0v) is 17.7. The summed E-state index contributed by atoms with van der Waals surface area (Å²) in [5.74, 6) is 1.28. The van der Waals surface area contributed by atoms with Crippen LogP contribution >= 0.6 is 11.8 Å². The third-order valence-electron chi connectivity index (χ3n) is 5.35. The summed E-state index contributed by atoms with van der Waals surface area (Å²) in [7, 11) is 0. The van der Waals surface area contributed by atoms with Gasteiger partial charge in [0.2, 0.25) is 5.91 Å². The minimum absolute atomic E-state index is 0.0528. The monoisotopic (exact) mass is 427 g/mol. The number of likely N-dealkylation sites (tertiary alicyclic amines) is 1. The molecule has 2 atom stereocenters. The van der Waals surface area contributed by atoms with E-state index in [4.69, 9.17) is 8.83 Å². The van der Waals surface area contributed by atoms with E-state index >= 15 is 0 Å². The Bertz CT molecular complexity index is 968. The number of hydrogen-bond donors (Lipinski definition) is 1. The molecular weight excluding hydrogens is 402 g/mol. The summed E-state index contributed by atoms with van der Waals surface area (Å²) >= 11 is 1.65. The number of carbonyl (C=O) groups is 2. The van der Waals surface area contributed by atoms with Crippen LogP contribution in [0, 0.1) is 0 Å². The summed E-state index contributed by atoms with van der Waals surface area (Å²) < 4.78 is 11.1. The fraction of sp³-hybridized carbons (Fsp3) is 0.409. The van der Waals surface area contributed by atoms with Crippen molar-refractivity contribution in [2.75, 3.05) is 25.1 Å². The molecule has 0 bridgehead atoms. The van der Waals surface area contributed by atoms with Gasteiger partial charge in [-0.25, -0.2) is 4.98 Å². The van der Waals surface area contributed by atoms with Crippen molar-refractivity contribution in [3.05, 3.63) is 54.3 Å². The highest BCUT2D eigenvalue weighted by Gasteiger charge is 2.32. The van der Waals surface area contributed by atoms with E-state index < -0.39 is 6.04 Å². The van der Waals surface area contributed by atoms with Crippen LogP contribution in [0.3, 0.4) is 0 Å². The van der Waals surface area contributed by atoms with Crippen molar-refractivity contribution in [2.24, 2.45) is 0 Å². The van der Waals surface area contributed by atoms with Gasteiger partial charge >= 0.3 is 0 Å². The number of aromatic nitrogens is 1. The standard InChI is InChI=1S/C22H25N3O4S/c1-30-13-10-17(23-20(26)19-9-5-12-28-19)22(27)25-11-4-6-15(14-25)21-24-16-7-2-3-8-18(16)29-21/h2-3,5,7-9,12,15,17H,4,6,10-11,13-14H2,1H3,(H,23,26)/t15-,17-/m1/s1. The van der Waals surface area contributed by atoms with E-state index in [0.717, 1.165) is 29.7 Å². The molecule has 1 aliphatic rings. The van der Waals surface area contributed by atoms with Gasteiger partial charge in [-0.15, -0.1) is 0 Å². The number of hydrogen-bond acceptors (Lipinski definition) is 6. The van der Waals surface area contributed by atoms with Crippen LogP contribution < -0.4 is 5.32 Å². The molecule has 2 aromatic heterocycles. The molecular formula is C22H25N3O4S. The number of para-hydroxylation sites is 2. The molecule has 0 radical (unpaired) electrons. The lowest BCUT2D eigenvalue weighted by molar-refractivity contribution is -0.134. The highest BCUT2D eigenvalue weighted by molar-refractivity contribution is 7.98. The highest BCUT2D eigenvalue weighted by atomic mass is 32.2. The number of fused-ring (bicyclic) bond motifs is 1. The second-order valence-corrected chi connectivity index (χ2v) is 8.41. The van der Waals surface area contributed by atoms with E-state index in [2.05, 4.69) is 10.3 Å². The van der Waals surface area contributed by atoms with E-state index in [0.29, 0.717) is 25.4 Å². The first-order valence-electron chi connectivity index (χ1n) is 10.1. The van der Waals surface area contributed by atoms with Crippen LogP contribution in [0.5, 0.6) is 0 Å². The normalized spacial score (nSPS) is 17.8. The molecule has 0 unspecified atom stereocenters. The number of oxazole rings is 1. The number of carbonyl (C=O) groups excluding carboxylic acids is 2.